The van der Waals surface area contributed by atoms with E-state index in [-0.39, 0.29) is 24.0 Å². The number of carbonyl (C=O) groups excluding carboxylic acids is 2. The smallest absolute Gasteiger partial charge is 0.310 e. The number of nitrogens with one attached hydrogen (secondary N) is 1. The van der Waals surface area contributed by atoms with Crippen molar-refractivity contribution < 1.29 is 23.1 Å². The summed E-state index contributed by atoms with van der Waals surface area (Å²) in [5, 5.41) is 2.96. The second-order valence-corrected chi connectivity index (χ2v) is 7.43. The van der Waals surface area contributed by atoms with Crippen LogP contribution in [0.15, 0.2) is 65.4 Å². The molecule has 0 radical (unpaired) electrons. The highest BCUT2D eigenvalue weighted by Gasteiger charge is 2.22. The van der Waals surface area contributed by atoms with Crippen molar-refractivity contribution in [2.24, 2.45) is 0 Å². The molecule has 0 fully saturated rings. The minimum Gasteiger partial charge on any atom is -0.466 e. The minimum atomic E-state index is -0.673. The van der Waals surface area contributed by atoms with E-state index in [2.05, 4.69) is 10.3 Å². The number of esters is 1. The van der Waals surface area contributed by atoms with E-state index < -0.39 is 17.7 Å². The predicted octanol–water partition coefficient (Wildman–Crippen LogP) is 5.55. The highest BCUT2D eigenvalue weighted by molar-refractivity contribution is 6.09. The summed E-state index contributed by atoms with van der Waals surface area (Å²) in [7, 11) is 0. The van der Waals surface area contributed by atoms with Gasteiger partial charge in [0.2, 0.25) is 0 Å². The van der Waals surface area contributed by atoms with Crippen molar-refractivity contribution in [1.29, 1.82) is 0 Å². The molecule has 1 amide bonds. The molecule has 0 aliphatic heterocycles. The Hall–Kier alpha value is -4.00. The molecular weight excluding hydrogens is 423 g/mol. The number of halogens is 1. The van der Waals surface area contributed by atoms with Crippen molar-refractivity contribution in [3.05, 3.63) is 83.6 Å². The highest BCUT2D eigenvalue weighted by Crippen LogP contribution is 2.34. The Kier molecular flexibility index (Phi) is 6.49. The molecular formula is C26H23FN2O4. The summed E-state index contributed by atoms with van der Waals surface area (Å²) >= 11 is 0. The van der Waals surface area contributed by atoms with Crippen molar-refractivity contribution in [2.75, 3.05) is 11.9 Å². The molecule has 1 N–H and O–H groups in total. The number of nitrogens with zero attached hydrogens (tertiary/aromatic N) is 1. The van der Waals surface area contributed by atoms with Gasteiger partial charge in [0.15, 0.2) is 0 Å². The standard InChI is InChI=1S/C26H23FN2O4/c1-3-18-13-16(9-11-28-18)20-15-21(24(27)19-10-12-33-25(19)20)26(31)29-22-8-6-5-7-17(22)14-23(30)32-4-2/h5-13,15H,3-4,14H2,1-2H3,(H,29,31). The average molecular weight is 446 g/mol. The van der Waals surface area contributed by atoms with E-state index in [1.807, 2.05) is 13.0 Å². The molecule has 2 aromatic carbocycles. The quantitative estimate of drug-likeness (QED) is 0.376. The molecule has 0 atom stereocenters. The van der Waals surface area contributed by atoms with Crippen LogP contribution < -0.4 is 5.32 Å². The Morgan fingerprint density at radius 1 is 1.12 bits per heavy atom. The Morgan fingerprint density at radius 2 is 1.94 bits per heavy atom. The number of anilines is 1. The van der Waals surface area contributed by atoms with E-state index in [1.54, 1.807) is 43.5 Å². The molecule has 4 rings (SSSR count). The maximum Gasteiger partial charge on any atom is 0.310 e. The van der Waals surface area contributed by atoms with Gasteiger partial charge in [-0.05, 0) is 54.8 Å². The van der Waals surface area contributed by atoms with Crippen molar-refractivity contribution in [2.45, 2.75) is 26.7 Å². The van der Waals surface area contributed by atoms with Gasteiger partial charge in [-0.15, -0.1) is 0 Å². The van der Waals surface area contributed by atoms with Crippen LogP contribution in [0.3, 0.4) is 0 Å². The van der Waals surface area contributed by atoms with Gasteiger partial charge in [-0.2, -0.15) is 0 Å². The lowest BCUT2D eigenvalue weighted by atomic mass is 9.99. The van der Waals surface area contributed by atoms with E-state index in [0.717, 1.165) is 17.7 Å². The molecule has 0 unspecified atom stereocenters. The number of para-hydroxylation sites is 1. The van der Waals surface area contributed by atoms with Crippen LogP contribution in [0.4, 0.5) is 10.1 Å². The van der Waals surface area contributed by atoms with E-state index in [0.29, 0.717) is 22.4 Å². The molecule has 0 spiro atoms. The fourth-order valence-corrected chi connectivity index (χ4v) is 3.68. The summed E-state index contributed by atoms with van der Waals surface area (Å²) in [5.74, 6) is -1.71. The molecule has 0 aliphatic rings. The molecule has 0 aliphatic carbocycles. The van der Waals surface area contributed by atoms with Gasteiger partial charge < -0.3 is 14.5 Å². The molecule has 2 aromatic heterocycles. The van der Waals surface area contributed by atoms with Gasteiger partial charge in [-0.1, -0.05) is 25.1 Å². The fraction of sp³-hybridized carbons (Fsp3) is 0.192. The molecule has 0 saturated heterocycles. The number of aromatic nitrogens is 1. The molecule has 0 bridgehead atoms. The molecule has 7 heteroatoms. The summed E-state index contributed by atoms with van der Waals surface area (Å²) in [6, 6.07) is 13.6. The normalized spacial score (nSPS) is 10.9. The van der Waals surface area contributed by atoms with Crippen LogP contribution in [-0.2, 0) is 22.4 Å². The third-order valence-electron chi connectivity index (χ3n) is 5.31. The van der Waals surface area contributed by atoms with Gasteiger partial charge in [0.1, 0.15) is 11.4 Å². The van der Waals surface area contributed by atoms with E-state index in [9.17, 15) is 9.59 Å². The highest BCUT2D eigenvalue weighted by atomic mass is 19.1. The van der Waals surface area contributed by atoms with Crippen LogP contribution in [0, 0.1) is 5.82 Å². The second kappa shape index (κ2) is 9.65. The molecule has 0 saturated carbocycles. The van der Waals surface area contributed by atoms with Crippen LogP contribution in [0.1, 0.15) is 35.5 Å². The number of aryl methyl sites for hydroxylation is 1. The van der Waals surface area contributed by atoms with Crippen molar-refractivity contribution in [3.8, 4) is 11.1 Å². The fourth-order valence-electron chi connectivity index (χ4n) is 3.68. The summed E-state index contributed by atoms with van der Waals surface area (Å²) in [6.07, 6.45) is 3.81. The third kappa shape index (κ3) is 4.62. The second-order valence-electron chi connectivity index (χ2n) is 7.43. The molecule has 6 nitrogen and oxygen atoms in total. The van der Waals surface area contributed by atoms with E-state index in [1.165, 1.54) is 18.4 Å². The summed E-state index contributed by atoms with van der Waals surface area (Å²) < 4.78 is 25.9. The number of ether oxygens (including phenoxy) is 1. The molecule has 33 heavy (non-hydrogen) atoms. The SMILES string of the molecule is CCOC(=O)Cc1ccccc1NC(=O)c1cc(-c2ccnc(CC)c2)c2occc2c1F. The summed E-state index contributed by atoms with van der Waals surface area (Å²) in [6.45, 7) is 3.98. The van der Waals surface area contributed by atoms with Gasteiger partial charge >= 0.3 is 5.97 Å². The van der Waals surface area contributed by atoms with Gasteiger partial charge in [0, 0.05) is 23.1 Å². The van der Waals surface area contributed by atoms with Gasteiger partial charge in [0.25, 0.3) is 5.91 Å². The van der Waals surface area contributed by atoms with Crippen LogP contribution in [0.2, 0.25) is 0 Å². The van der Waals surface area contributed by atoms with Crippen LogP contribution in [0.5, 0.6) is 0 Å². The largest absolute Gasteiger partial charge is 0.466 e. The lowest BCUT2D eigenvalue weighted by Crippen LogP contribution is -2.17. The Balaban J connectivity index is 1.73. The summed E-state index contributed by atoms with van der Waals surface area (Å²) in [5.41, 5.74) is 3.48. The first-order chi connectivity index (χ1) is 16.0. The zero-order chi connectivity index (χ0) is 23.4. The Morgan fingerprint density at radius 3 is 2.73 bits per heavy atom. The number of amides is 1. The first kappa shape index (κ1) is 22.2. The van der Waals surface area contributed by atoms with Crippen molar-refractivity contribution in [1.82, 2.24) is 4.98 Å². The van der Waals surface area contributed by atoms with Gasteiger partial charge in [-0.3, -0.25) is 14.6 Å². The lowest BCUT2D eigenvalue weighted by molar-refractivity contribution is -0.142. The number of hydrogen-bond acceptors (Lipinski definition) is 5. The average Bonchev–Trinajstić information content (AvgIpc) is 3.31. The maximum absolute atomic E-state index is 15.3. The van der Waals surface area contributed by atoms with Gasteiger partial charge in [0.05, 0.1) is 30.2 Å². The number of pyridine rings is 1. The third-order valence-corrected chi connectivity index (χ3v) is 5.31. The van der Waals surface area contributed by atoms with Crippen LogP contribution >= 0.6 is 0 Å². The van der Waals surface area contributed by atoms with Gasteiger partial charge in [-0.25, -0.2) is 4.39 Å². The topological polar surface area (TPSA) is 81.4 Å². The first-order valence-electron chi connectivity index (χ1n) is 10.7. The van der Waals surface area contributed by atoms with E-state index in [4.69, 9.17) is 9.15 Å². The zero-order valence-electron chi connectivity index (χ0n) is 18.4. The summed E-state index contributed by atoms with van der Waals surface area (Å²) in [4.78, 5) is 29.4. The molecule has 168 valence electrons. The minimum absolute atomic E-state index is 0.00436. The number of benzene rings is 2. The number of hydrogen-bond donors (Lipinski definition) is 1. The van der Waals surface area contributed by atoms with Crippen LogP contribution in [0.25, 0.3) is 22.1 Å². The van der Waals surface area contributed by atoms with Crippen molar-refractivity contribution in [3.63, 3.8) is 0 Å². The first-order valence-corrected chi connectivity index (χ1v) is 10.7. The Bertz CT molecular complexity index is 1330. The van der Waals surface area contributed by atoms with Crippen molar-refractivity contribution >= 4 is 28.5 Å². The number of fused-ring (bicyclic) bond motifs is 1. The monoisotopic (exact) mass is 446 g/mol. The zero-order valence-corrected chi connectivity index (χ0v) is 18.4. The lowest BCUT2D eigenvalue weighted by Gasteiger charge is -2.13. The number of carbonyl (C=O) groups is 2. The number of rotatable bonds is 7. The number of furan rings is 1. The molecule has 2 heterocycles. The van der Waals surface area contributed by atoms with E-state index >= 15 is 4.39 Å². The van der Waals surface area contributed by atoms with Crippen LogP contribution in [-0.4, -0.2) is 23.5 Å². The predicted molar refractivity (Wildman–Crippen MR) is 124 cm³/mol. The maximum atomic E-state index is 15.3. The Labute approximate surface area is 190 Å². The molecule has 4 aromatic rings.